The monoisotopic (exact) mass is 369 g/mol. The number of amides is 1. The number of ether oxygens (including phenoxy) is 2. The number of anilines is 1. The van der Waals surface area contributed by atoms with Gasteiger partial charge in [-0.2, -0.15) is 0 Å². The molecule has 0 saturated heterocycles. The first kappa shape index (κ1) is 16.8. The number of para-hydroxylation sites is 1. The van der Waals surface area contributed by atoms with E-state index in [0.29, 0.717) is 13.2 Å². The molecule has 0 radical (unpaired) electrons. The highest BCUT2D eigenvalue weighted by Crippen LogP contribution is 2.49. The lowest BCUT2D eigenvalue weighted by molar-refractivity contribution is 0.122. The average molecular weight is 369 g/mol. The largest absolute Gasteiger partial charge is 0.457 e. The van der Waals surface area contributed by atoms with Crippen LogP contribution in [0.1, 0.15) is 12.5 Å². The molecule has 26 heavy (non-hydrogen) atoms. The third-order valence-electron chi connectivity index (χ3n) is 4.20. The van der Waals surface area contributed by atoms with Gasteiger partial charge in [0.05, 0.1) is 12.3 Å². The molecule has 2 aliphatic heterocycles. The minimum Gasteiger partial charge on any atom is -0.457 e. The van der Waals surface area contributed by atoms with Gasteiger partial charge in [-0.1, -0.05) is 30.0 Å². The fourth-order valence-corrected chi connectivity index (χ4v) is 4.19. The number of rotatable bonds is 4. The van der Waals surface area contributed by atoms with Gasteiger partial charge in [0.2, 0.25) is 0 Å². The molecule has 4 rings (SSSR count). The Bertz CT molecular complexity index is 871. The van der Waals surface area contributed by atoms with Crippen LogP contribution in [0.25, 0.3) is 0 Å². The zero-order valence-electron chi connectivity index (χ0n) is 14.3. The maximum absolute atomic E-state index is 12.1. The molecule has 134 valence electrons. The predicted molar refractivity (Wildman–Crippen MR) is 101 cm³/mol. The summed E-state index contributed by atoms with van der Waals surface area (Å²) in [6, 6.07) is 13.6. The lowest BCUT2D eigenvalue weighted by Crippen LogP contribution is -2.37. The van der Waals surface area contributed by atoms with Crippen molar-refractivity contribution in [3.8, 4) is 11.5 Å². The number of hydrogen-bond acceptors (Lipinski definition) is 6. The van der Waals surface area contributed by atoms with Crippen LogP contribution in [0.5, 0.6) is 11.5 Å². The molecule has 1 unspecified atom stereocenters. The highest BCUT2D eigenvalue weighted by atomic mass is 32.2. The van der Waals surface area contributed by atoms with Crippen molar-refractivity contribution in [2.45, 2.75) is 23.9 Å². The molecule has 0 bridgehead atoms. The highest BCUT2D eigenvalue weighted by Gasteiger charge is 2.39. The van der Waals surface area contributed by atoms with Gasteiger partial charge in [-0.3, -0.25) is 4.90 Å². The van der Waals surface area contributed by atoms with Crippen molar-refractivity contribution in [1.82, 2.24) is 4.90 Å². The Kier molecular flexibility index (Phi) is 4.48. The quantitative estimate of drug-likeness (QED) is 0.876. The van der Waals surface area contributed by atoms with Crippen LogP contribution in [0.2, 0.25) is 0 Å². The second-order valence-electron chi connectivity index (χ2n) is 5.80. The van der Waals surface area contributed by atoms with Crippen molar-refractivity contribution in [3.05, 3.63) is 60.4 Å². The number of carbonyl (C=O) groups excluding carboxylic acids is 1. The molecule has 1 atom stereocenters. The molecule has 7 heteroatoms. The minimum absolute atomic E-state index is 0.157. The fourth-order valence-electron chi connectivity index (χ4n) is 2.96. The third kappa shape index (κ3) is 2.89. The first-order valence-electron chi connectivity index (χ1n) is 8.39. The van der Waals surface area contributed by atoms with Gasteiger partial charge in [0.15, 0.2) is 5.50 Å². The molecule has 1 amide bonds. The van der Waals surface area contributed by atoms with E-state index < -0.39 is 0 Å². The summed E-state index contributed by atoms with van der Waals surface area (Å²) in [5.74, 6) is 1.48. The van der Waals surface area contributed by atoms with E-state index in [4.69, 9.17) is 15.2 Å². The molecule has 2 aromatic rings. The van der Waals surface area contributed by atoms with Crippen LogP contribution in [0.3, 0.4) is 0 Å². The van der Waals surface area contributed by atoms with Gasteiger partial charge in [0.25, 0.3) is 0 Å². The van der Waals surface area contributed by atoms with Crippen LogP contribution < -0.4 is 15.4 Å². The third-order valence-corrected chi connectivity index (χ3v) is 5.47. The number of thioether (sulfide) groups is 1. The normalized spacial score (nSPS) is 17.2. The molecule has 0 spiro atoms. The maximum atomic E-state index is 12.1. The molecular formula is C19H19N3O3S. The van der Waals surface area contributed by atoms with Gasteiger partial charge in [0, 0.05) is 35.5 Å². The number of nitrogens with zero attached hydrogens (tertiary/aromatic N) is 2. The predicted octanol–water partition coefficient (Wildman–Crippen LogP) is 4.08. The summed E-state index contributed by atoms with van der Waals surface area (Å²) in [5.41, 5.74) is 7.58. The smallest absolute Gasteiger partial charge is 0.416 e. The Morgan fingerprint density at radius 2 is 2.08 bits per heavy atom. The van der Waals surface area contributed by atoms with Crippen molar-refractivity contribution in [2.75, 3.05) is 11.5 Å². The standard InChI is InChI=1S/C19H19N3O3S/c1-2-24-19(23)22-10-9-21-15-11-14(7-8-17(15)26-18(21)22)25-16-6-4-3-5-13(16)12-20/h3-11,18H,2,12,20H2,1H3. The van der Waals surface area contributed by atoms with Gasteiger partial charge in [-0.05, 0) is 25.1 Å². The van der Waals surface area contributed by atoms with E-state index in [2.05, 4.69) is 0 Å². The Labute approximate surface area is 156 Å². The summed E-state index contributed by atoms with van der Waals surface area (Å²) in [5, 5.41) is 0. The van der Waals surface area contributed by atoms with Crippen molar-refractivity contribution in [2.24, 2.45) is 5.73 Å². The van der Waals surface area contributed by atoms with Crippen LogP contribution in [-0.4, -0.2) is 23.1 Å². The fraction of sp³-hybridized carbons (Fsp3) is 0.211. The summed E-state index contributed by atoms with van der Waals surface area (Å²) in [6.45, 7) is 2.57. The topological polar surface area (TPSA) is 68.0 Å². The van der Waals surface area contributed by atoms with Crippen LogP contribution in [0.4, 0.5) is 10.5 Å². The molecule has 2 N–H and O–H groups in total. The van der Waals surface area contributed by atoms with E-state index >= 15 is 0 Å². The van der Waals surface area contributed by atoms with E-state index in [1.54, 1.807) is 29.8 Å². The Balaban J connectivity index is 1.57. The molecule has 2 heterocycles. The van der Waals surface area contributed by atoms with E-state index in [0.717, 1.165) is 27.6 Å². The molecule has 2 aliphatic rings. The van der Waals surface area contributed by atoms with Crippen LogP contribution in [-0.2, 0) is 11.3 Å². The first-order chi connectivity index (χ1) is 12.7. The summed E-state index contributed by atoms with van der Waals surface area (Å²) in [6.07, 6.45) is 3.29. The van der Waals surface area contributed by atoms with E-state index in [1.807, 2.05) is 53.6 Å². The average Bonchev–Trinajstić information content (AvgIpc) is 3.21. The number of nitrogens with two attached hydrogens (primary N) is 1. The van der Waals surface area contributed by atoms with Gasteiger partial charge < -0.3 is 20.1 Å². The van der Waals surface area contributed by atoms with Crippen LogP contribution in [0, 0.1) is 0 Å². The zero-order chi connectivity index (χ0) is 18.1. The SMILES string of the molecule is CCOC(=O)N1C=CN2c3cc(Oc4ccccc4CN)ccc3SC12. The first-order valence-corrected chi connectivity index (χ1v) is 9.27. The number of hydrogen-bond donors (Lipinski definition) is 1. The minimum atomic E-state index is -0.343. The Morgan fingerprint density at radius 1 is 1.23 bits per heavy atom. The molecule has 0 aliphatic carbocycles. The molecule has 2 aromatic carbocycles. The highest BCUT2D eigenvalue weighted by molar-refractivity contribution is 8.00. The van der Waals surface area contributed by atoms with Crippen molar-refractivity contribution in [3.63, 3.8) is 0 Å². The molecule has 0 saturated carbocycles. The number of benzene rings is 2. The Hall–Kier alpha value is -2.64. The maximum Gasteiger partial charge on any atom is 0.416 e. The van der Waals surface area contributed by atoms with E-state index in [-0.39, 0.29) is 11.6 Å². The lowest BCUT2D eigenvalue weighted by Gasteiger charge is -2.23. The van der Waals surface area contributed by atoms with E-state index in [1.165, 1.54) is 0 Å². The van der Waals surface area contributed by atoms with Crippen LogP contribution in [0.15, 0.2) is 59.8 Å². The van der Waals surface area contributed by atoms with E-state index in [9.17, 15) is 4.79 Å². The molecule has 0 fully saturated rings. The Morgan fingerprint density at radius 3 is 2.88 bits per heavy atom. The molecular weight excluding hydrogens is 350 g/mol. The van der Waals surface area contributed by atoms with Gasteiger partial charge in [-0.15, -0.1) is 0 Å². The number of fused-ring (bicyclic) bond motifs is 3. The summed E-state index contributed by atoms with van der Waals surface area (Å²) in [4.78, 5) is 16.8. The summed E-state index contributed by atoms with van der Waals surface area (Å²) >= 11 is 1.60. The van der Waals surface area contributed by atoms with Gasteiger partial charge >= 0.3 is 6.09 Å². The molecule has 6 nitrogen and oxygen atoms in total. The lowest BCUT2D eigenvalue weighted by atomic mass is 10.2. The van der Waals surface area contributed by atoms with Gasteiger partial charge in [0.1, 0.15) is 11.5 Å². The second-order valence-corrected chi connectivity index (χ2v) is 6.90. The zero-order valence-corrected chi connectivity index (χ0v) is 15.1. The van der Waals surface area contributed by atoms with Gasteiger partial charge in [-0.25, -0.2) is 4.79 Å². The second kappa shape index (κ2) is 6.93. The summed E-state index contributed by atoms with van der Waals surface area (Å²) < 4.78 is 11.2. The van der Waals surface area contributed by atoms with Crippen LogP contribution >= 0.6 is 11.8 Å². The summed E-state index contributed by atoms with van der Waals surface area (Å²) in [7, 11) is 0. The van der Waals surface area contributed by atoms with Crippen molar-refractivity contribution >= 4 is 23.5 Å². The number of carbonyl (C=O) groups is 1. The molecule has 0 aromatic heterocycles. The van der Waals surface area contributed by atoms with Crippen molar-refractivity contribution in [1.29, 1.82) is 0 Å². The van der Waals surface area contributed by atoms with Crippen molar-refractivity contribution < 1.29 is 14.3 Å².